The largest absolute Gasteiger partial charge is 0.507 e. The third-order valence-electron chi connectivity index (χ3n) is 3.43. The quantitative estimate of drug-likeness (QED) is 0.563. The maximum atomic E-state index is 9.79. The van der Waals surface area contributed by atoms with Crippen LogP contribution in [0.15, 0.2) is 70.7 Å². The van der Waals surface area contributed by atoms with E-state index in [0.717, 1.165) is 5.57 Å². The standard InChI is InChI=1S/C20H22N2O2.Co/c1-15(2)11-18(22-13-17-8-4-6-10-20(17)24)14-21-12-16-7-3-5-9-19(16)23;/h3-10,12-13,18,23-24H,1,11,14H2,2H3;. The summed E-state index contributed by atoms with van der Waals surface area (Å²) in [6, 6.07) is 14.0. The first kappa shape index (κ1) is 20.7. The van der Waals surface area contributed by atoms with Gasteiger partial charge in [0.05, 0.1) is 12.6 Å². The second-order valence-corrected chi connectivity index (χ2v) is 5.71. The van der Waals surface area contributed by atoms with E-state index in [1.54, 1.807) is 42.8 Å². The second-order valence-electron chi connectivity index (χ2n) is 5.71. The third-order valence-corrected chi connectivity index (χ3v) is 3.43. The summed E-state index contributed by atoms with van der Waals surface area (Å²) in [6.45, 7) is 6.36. The number of hydrogen-bond donors (Lipinski definition) is 2. The van der Waals surface area contributed by atoms with Crippen LogP contribution >= 0.6 is 0 Å². The molecule has 0 aliphatic rings. The van der Waals surface area contributed by atoms with Gasteiger partial charge < -0.3 is 10.2 Å². The molecule has 25 heavy (non-hydrogen) atoms. The topological polar surface area (TPSA) is 65.2 Å². The third kappa shape index (κ3) is 6.95. The van der Waals surface area contributed by atoms with E-state index < -0.39 is 0 Å². The maximum absolute atomic E-state index is 9.79. The smallest absolute Gasteiger partial charge is 0.124 e. The van der Waals surface area contributed by atoms with E-state index in [1.165, 1.54) is 0 Å². The molecule has 0 aliphatic carbocycles. The molecule has 5 heteroatoms. The van der Waals surface area contributed by atoms with Gasteiger partial charge in [-0.3, -0.25) is 9.98 Å². The van der Waals surface area contributed by atoms with Crippen molar-refractivity contribution in [1.82, 2.24) is 0 Å². The molecule has 1 unspecified atom stereocenters. The van der Waals surface area contributed by atoms with Gasteiger partial charge in [0.1, 0.15) is 11.5 Å². The Morgan fingerprint density at radius 1 is 1.00 bits per heavy atom. The van der Waals surface area contributed by atoms with E-state index in [2.05, 4.69) is 16.6 Å². The van der Waals surface area contributed by atoms with Gasteiger partial charge in [-0.15, -0.1) is 6.58 Å². The summed E-state index contributed by atoms with van der Waals surface area (Å²) in [5.74, 6) is 0.406. The molecule has 0 heterocycles. The molecule has 2 N–H and O–H groups in total. The Kier molecular flexibility index (Phi) is 8.67. The molecule has 0 spiro atoms. The van der Waals surface area contributed by atoms with Crippen molar-refractivity contribution < 1.29 is 27.0 Å². The summed E-state index contributed by atoms with van der Waals surface area (Å²) in [5, 5.41) is 19.5. The van der Waals surface area contributed by atoms with Gasteiger partial charge in [-0.25, -0.2) is 0 Å². The van der Waals surface area contributed by atoms with Gasteiger partial charge in [0.15, 0.2) is 0 Å². The van der Waals surface area contributed by atoms with Crippen LogP contribution in [-0.2, 0) is 16.8 Å². The number of phenolic OH excluding ortho intramolecular Hbond substituents is 2. The molecule has 1 radical (unpaired) electrons. The molecule has 0 bridgehead atoms. The Labute approximate surface area is 158 Å². The minimum absolute atomic E-state index is 0. The summed E-state index contributed by atoms with van der Waals surface area (Å²) in [4.78, 5) is 8.91. The van der Waals surface area contributed by atoms with Crippen LogP contribution in [0.2, 0.25) is 0 Å². The Balaban J connectivity index is 0.00000312. The minimum atomic E-state index is -0.0655. The van der Waals surface area contributed by atoms with Gasteiger partial charge in [-0.2, -0.15) is 0 Å². The number of benzene rings is 2. The van der Waals surface area contributed by atoms with E-state index in [-0.39, 0.29) is 34.3 Å². The van der Waals surface area contributed by atoms with Crippen molar-refractivity contribution >= 4 is 12.4 Å². The van der Waals surface area contributed by atoms with Crippen LogP contribution < -0.4 is 0 Å². The van der Waals surface area contributed by atoms with E-state index >= 15 is 0 Å². The molecule has 0 aromatic heterocycles. The van der Waals surface area contributed by atoms with Crippen LogP contribution in [0.25, 0.3) is 0 Å². The van der Waals surface area contributed by atoms with Crippen LogP contribution in [-0.4, -0.2) is 35.2 Å². The van der Waals surface area contributed by atoms with Crippen LogP contribution in [0.3, 0.4) is 0 Å². The zero-order valence-corrected chi connectivity index (χ0v) is 15.1. The van der Waals surface area contributed by atoms with Crippen molar-refractivity contribution in [3.8, 4) is 11.5 Å². The van der Waals surface area contributed by atoms with E-state index in [4.69, 9.17) is 0 Å². The predicted octanol–water partition coefficient (Wildman–Crippen LogP) is 3.97. The number of phenols is 2. The molecule has 2 rings (SSSR count). The first-order valence-corrected chi connectivity index (χ1v) is 7.79. The molecule has 4 nitrogen and oxygen atoms in total. The van der Waals surface area contributed by atoms with Gasteiger partial charge in [-0.05, 0) is 37.6 Å². The number of aromatic hydroxyl groups is 2. The van der Waals surface area contributed by atoms with Crippen molar-refractivity contribution in [1.29, 1.82) is 0 Å². The number of rotatable bonds is 7. The van der Waals surface area contributed by atoms with Crippen molar-refractivity contribution in [3.05, 3.63) is 71.8 Å². The molecular formula is C20H22CoN2O2. The van der Waals surface area contributed by atoms with Gasteiger partial charge in [-0.1, -0.05) is 29.8 Å². The fourth-order valence-corrected chi connectivity index (χ4v) is 2.22. The van der Waals surface area contributed by atoms with Crippen LogP contribution in [0.4, 0.5) is 0 Å². The number of para-hydroxylation sites is 2. The fraction of sp³-hybridized carbons (Fsp3) is 0.200. The molecule has 0 saturated heterocycles. The maximum Gasteiger partial charge on any atom is 0.124 e. The molecule has 0 fully saturated rings. The Morgan fingerprint density at radius 2 is 1.52 bits per heavy atom. The van der Waals surface area contributed by atoms with Crippen molar-refractivity contribution in [3.63, 3.8) is 0 Å². The average molecular weight is 381 g/mol. The molecule has 0 aliphatic heterocycles. The summed E-state index contributed by atoms with van der Waals surface area (Å²) in [6.07, 6.45) is 4.02. The zero-order chi connectivity index (χ0) is 17.4. The molecule has 0 saturated carbocycles. The normalized spacial score (nSPS) is 12.2. The molecular weight excluding hydrogens is 359 g/mol. The first-order chi connectivity index (χ1) is 11.6. The zero-order valence-electron chi connectivity index (χ0n) is 14.1. The molecule has 1 atom stereocenters. The predicted molar refractivity (Wildman–Crippen MR) is 99.5 cm³/mol. The van der Waals surface area contributed by atoms with E-state index in [1.807, 2.05) is 25.1 Å². The molecule has 0 amide bonds. The van der Waals surface area contributed by atoms with Crippen LogP contribution in [0.1, 0.15) is 24.5 Å². The summed E-state index contributed by atoms with van der Waals surface area (Å²) < 4.78 is 0. The molecule has 2 aromatic rings. The van der Waals surface area contributed by atoms with Crippen molar-refractivity contribution in [2.45, 2.75) is 19.4 Å². The van der Waals surface area contributed by atoms with Gasteiger partial charge >= 0.3 is 0 Å². The molecule has 2 aromatic carbocycles. The van der Waals surface area contributed by atoms with Gasteiger partial charge in [0.2, 0.25) is 0 Å². The van der Waals surface area contributed by atoms with Crippen molar-refractivity contribution in [2.24, 2.45) is 9.98 Å². The Hall–Kier alpha value is -2.37. The fourth-order valence-electron chi connectivity index (χ4n) is 2.22. The average Bonchev–Trinajstić information content (AvgIpc) is 2.55. The summed E-state index contributed by atoms with van der Waals surface area (Å²) in [7, 11) is 0. The SMILES string of the molecule is C=C(C)CC(CN=Cc1ccccc1O)N=Cc1ccccc1O.[Co]. The minimum Gasteiger partial charge on any atom is -0.507 e. The van der Waals surface area contributed by atoms with Gasteiger partial charge in [0.25, 0.3) is 0 Å². The first-order valence-electron chi connectivity index (χ1n) is 7.79. The monoisotopic (exact) mass is 381 g/mol. The van der Waals surface area contributed by atoms with E-state index in [9.17, 15) is 10.2 Å². The van der Waals surface area contributed by atoms with Gasteiger partial charge in [0, 0.05) is 40.3 Å². The van der Waals surface area contributed by atoms with Crippen LogP contribution in [0.5, 0.6) is 11.5 Å². The summed E-state index contributed by atoms with van der Waals surface area (Å²) >= 11 is 0. The Bertz CT molecular complexity index is 757. The molecule has 133 valence electrons. The number of aliphatic imine (C=N–C) groups is 2. The number of hydrogen-bond acceptors (Lipinski definition) is 4. The second kappa shape index (κ2) is 10.5. The Morgan fingerprint density at radius 3 is 2.04 bits per heavy atom. The van der Waals surface area contributed by atoms with Crippen molar-refractivity contribution in [2.75, 3.05) is 6.54 Å². The summed E-state index contributed by atoms with van der Waals surface area (Å²) in [5.41, 5.74) is 2.37. The van der Waals surface area contributed by atoms with E-state index in [0.29, 0.717) is 24.1 Å². The van der Waals surface area contributed by atoms with Crippen LogP contribution in [0, 0.1) is 0 Å². The number of nitrogens with zero attached hydrogens (tertiary/aromatic N) is 2.